The number of nitrogens with zero attached hydrogens (tertiary/aromatic N) is 2. The summed E-state index contributed by atoms with van der Waals surface area (Å²) < 4.78 is 0. The lowest BCUT2D eigenvalue weighted by Gasteiger charge is -2.36. The Balaban J connectivity index is 2.01. The monoisotopic (exact) mass is 335 g/mol. The number of benzene rings is 1. The summed E-state index contributed by atoms with van der Waals surface area (Å²) in [6, 6.07) is 6.09. The van der Waals surface area contributed by atoms with Crippen LogP contribution in [0.2, 0.25) is 0 Å². The van der Waals surface area contributed by atoms with Crippen LogP contribution in [0, 0.1) is 0 Å². The van der Waals surface area contributed by atoms with E-state index in [1.807, 2.05) is 32.9 Å². The molecular formula is C18H29N3O3. The third-order valence-electron chi connectivity index (χ3n) is 4.18. The van der Waals surface area contributed by atoms with Gasteiger partial charge in [-0.25, -0.2) is 4.79 Å². The summed E-state index contributed by atoms with van der Waals surface area (Å²) in [7, 11) is 4.25. The Hall–Kier alpha value is -1.79. The van der Waals surface area contributed by atoms with E-state index >= 15 is 0 Å². The molecule has 0 radical (unpaired) electrons. The van der Waals surface area contributed by atoms with E-state index in [2.05, 4.69) is 23.9 Å². The van der Waals surface area contributed by atoms with Crippen LogP contribution in [0.5, 0.6) is 0 Å². The first-order valence-electron chi connectivity index (χ1n) is 8.38. The number of piperidine rings is 1. The minimum atomic E-state index is -0.569. The summed E-state index contributed by atoms with van der Waals surface area (Å²) in [5, 5.41) is 0. The molecular weight excluding hydrogens is 306 g/mol. The van der Waals surface area contributed by atoms with Gasteiger partial charge in [0.25, 0.3) is 0 Å². The van der Waals surface area contributed by atoms with Crippen molar-refractivity contribution < 1.29 is 14.6 Å². The van der Waals surface area contributed by atoms with Crippen molar-refractivity contribution in [2.24, 2.45) is 0 Å². The number of carbonyl (C=O) groups is 1. The number of hydrogen-bond acceptors (Lipinski definition) is 6. The average Bonchev–Trinajstić information content (AvgIpc) is 2.52. The van der Waals surface area contributed by atoms with Gasteiger partial charge in [0.1, 0.15) is 5.60 Å². The van der Waals surface area contributed by atoms with Gasteiger partial charge in [0.15, 0.2) is 0 Å². The predicted molar refractivity (Wildman–Crippen MR) is 96.0 cm³/mol. The number of carbonyl (C=O) groups excluding carboxylic acids is 1. The molecule has 0 amide bonds. The van der Waals surface area contributed by atoms with E-state index < -0.39 is 11.6 Å². The van der Waals surface area contributed by atoms with Crippen LogP contribution in [-0.2, 0) is 9.78 Å². The summed E-state index contributed by atoms with van der Waals surface area (Å²) in [5.41, 5.74) is 7.27. The normalized spacial score (nSPS) is 16.5. The number of nitrogens with two attached hydrogens (primary N) is 1. The van der Waals surface area contributed by atoms with Gasteiger partial charge >= 0.3 is 5.97 Å². The number of rotatable bonds is 4. The first-order chi connectivity index (χ1) is 11.2. The summed E-state index contributed by atoms with van der Waals surface area (Å²) >= 11 is 0. The van der Waals surface area contributed by atoms with Gasteiger partial charge in [-0.2, -0.15) is 4.89 Å². The SMILES string of the molecule is CN(C)C1CCN(c2ccc(C(=O)OOC(C)(C)C)c(N)c2)CC1. The largest absolute Gasteiger partial charge is 0.398 e. The van der Waals surface area contributed by atoms with Crippen LogP contribution >= 0.6 is 0 Å². The fourth-order valence-corrected chi connectivity index (χ4v) is 2.78. The summed E-state index contributed by atoms with van der Waals surface area (Å²) in [4.78, 5) is 26.6. The molecule has 134 valence electrons. The lowest BCUT2D eigenvalue weighted by Crippen LogP contribution is -2.42. The highest BCUT2D eigenvalue weighted by atomic mass is 17.2. The molecule has 24 heavy (non-hydrogen) atoms. The van der Waals surface area contributed by atoms with Crippen molar-refractivity contribution in [2.45, 2.75) is 45.3 Å². The number of anilines is 2. The standard InChI is InChI=1S/C18H29N3O3/c1-18(2,3)24-23-17(22)15-7-6-14(12-16(15)19)21-10-8-13(9-11-21)20(4)5/h6-7,12-13H,8-11,19H2,1-5H3. The van der Waals surface area contributed by atoms with E-state index in [9.17, 15) is 4.79 Å². The van der Waals surface area contributed by atoms with Crippen molar-refractivity contribution in [2.75, 3.05) is 37.8 Å². The Bertz CT molecular complexity index is 573. The molecule has 0 atom stereocenters. The van der Waals surface area contributed by atoms with E-state index in [0.29, 0.717) is 17.3 Å². The zero-order chi connectivity index (χ0) is 17.9. The van der Waals surface area contributed by atoms with Gasteiger partial charge in [0.05, 0.1) is 5.56 Å². The van der Waals surface area contributed by atoms with Gasteiger partial charge in [0.2, 0.25) is 0 Å². The molecule has 1 aliphatic heterocycles. The van der Waals surface area contributed by atoms with Crippen molar-refractivity contribution in [3.63, 3.8) is 0 Å². The minimum absolute atomic E-state index is 0.325. The van der Waals surface area contributed by atoms with Crippen LogP contribution in [0.15, 0.2) is 18.2 Å². The van der Waals surface area contributed by atoms with Gasteiger partial charge in [-0.15, -0.1) is 0 Å². The second-order valence-electron chi connectivity index (χ2n) is 7.52. The topological polar surface area (TPSA) is 68.0 Å². The summed E-state index contributed by atoms with van der Waals surface area (Å²) in [5.74, 6) is -0.569. The Morgan fingerprint density at radius 2 is 1.88 bits per heavy atom. The summed E-state index contributed by atoms with van der Waals surface area (Å²) in [6.45, 7) is 7.40. The van der Waals surface area contributed by atoms with E-state index in [-0.39, 0.29) is 0 Å². The zero-order valence-electron chi connectivity index (χ0n) is 15.3. The van der Waals surface area contributed by atoms with Gasteiger partial charge < -0.3 is 15.5 Å². The number of nitrogen functional groups attached to an aromatic ring is 1. The maximum absolute atomic E-state index is 12.1. The van der Waals surface area contributed by atoms with Crippen LogP contribution in [0.25, 0.3) is 0 Å². The molecule has 2 N–H and O–H groups in total. The molecule has 1 aromatic rings. The van der Waals surface area contributed by atoms with Crippen LogP contribution in [0.3, 0.4) is 0 Å². The van der Waals surface area contributed by atoms with Crippen molar-refractivity contribution in [3.8, 4) is 0 Å². The Morgan fingerprint density at radius 1 is 1.25 bits per heavy atom. The predicted octanol–water partition coefficient (Wildman–Crippen LogP) is 2.69. The lowest BCUT2D eigenvalue weighted by atomic mass is 10.0. The van der Waals surface area contributed by atoms with Crippen molar-refractivity contribution >= 4 is 17.3 Å². The molecule has 1 heterocycles. The first kappa shape index (κ1) is 18.5. The molecule has 0 aliphatic carbocycles. The highest BCUT2D eigenvalue weighted by Crippen LogP contribution is 2.26. The molecule has 1 saturated heterocycles. The van der Waals surface area contributed by atoms with E-state index in [1.165, 1.54) is 0 Å². The molecule has 6 nitrogen and oxygen atoms in total. The van der Waals surface area contributed by atoms with E-state index in [0.717, 1.165) is 31.6 Å². The molecule has 1 aromatic carbocycles. The highest BCUT2D eigenvalue weighted by molar-refractivity contribution is 5.95. The van der Waals surface area contributed by atoms with Gasteiger partial charge in [-0.3, -0.25) is 4.89 Å². The third-order valence-corrected chi connectivity index (χ3v) is 4.18. The van der Waals surface area contributed by atoms with Crippen molar-refractivity contribution in [1.82, 2.24) is 4.90 Å². The fraction of sp³-hybridized carbons (Fsp3) is 0.611. The first-order valence-corrected chi connectivity index (χ1v) is 8.38. The van der Waals surface area contributed by atoms with Crippen LogP contribution in [0.4, 0.5) is 11.4 Å². The van der Waals surface area contributed by atoms with Crippen LogP contribution < -0.4 is 10.6 Å². The third kappa shape index (κ3) is 4.85. The van der Waals surface area contributed by atoms with Crippen molar-refractivity contribution in [1.29, 1.82) is 0 Å². The smallest absolute Gasteiger partial charge is 0.375 e. The maximum Gasteiger partial charge on any atom is 0.375 e. The molecule has 6 heteroatoms. The average molecular weight is 335 g/mol. The molecule has 2 rings (SSSR count). The molecule has 0 unspecified atom stereocenters. The minimum Gasteiger partial charge on any atom is -0.398 e. The molecule has 0 aromatic heterocycles. The Labute approximate surface area is 144 Å². The Morgan fingerprint density at radius 3 is 2.38 bits per heavy atom. The molecule has 0 bridgehead atoms. The fourth-order valence-electron chi connectivity index (χ4n) is 2.78. The molecule has 0 saturated carbocycles. The lowest BCUT2D eigenvalue weighted by molar-refractivity contribution is -0.301. The summed E-state index contributed by atoms with van der Waals surface area (Å²) in [6.07, 6.45) is 2.24. The van der Waals surface area contributed by atoms with Gasteiger partial charge in [0, 0.05) is 30.5 Å². The van der Waals surface area contributed by atoms with Crippen LogP contribution in [0.1, 0.15) is 44.0 Å². The molecule has 1 fully saturated rings. The van der Waals surface area contributed by atoms with E-state index in [1.54, 1.807) is 6.07 Å². The second-order valence-corrected chi connectivity index (χ2v) is 7.52. The van der Waals surface area contributed by atoms with E-state index in [4.69, 9.17) is 15.5 Å². The maximum atomic E-state index is 12.1. The van der Waals surface area contributed by atoms with Gasteiger partial charge in [-0.1, -0.05) is 0 Å². The number of hydrogen-bond donors (Lipinski definition) is 1. The molecule has 0 spiro atoms. The van der Waals surface area contributed by atoms with Gasteiger partial charge in [-0.05, 0) is 65.9 Å². The second kappa shape index (κ2) is 7.40. The quantitative estimate of drug-likeness (QED) is 0.518. The van der Waals surface area contributed by atoms with Crippen molar-refractivity contribution in [3.05, 3.63) is 23.8 Å². The van der Waals surface area contributed by atoms with Crippen LogP contribution in [-0.4, -0.2) is 49.7 Å². The Kier molecular flexibility index (Phi) is 5.72. The highest BCUT2D eigenvalue weighted by Gasteiger charge is 2.22. The zero-order valence-corrected chi connectivity index (χ0v) is 15.3. The molecule has 1 aliphatic rings.